The minimum absolute atomic E-state index is 0.479. The van der Waals surface area contributed by atoms with Crippen LogP contribution in [0.5, 0.6) is 11.5 Å². The summed E-state index contributed by atoms with van der Waals surface area (Å²) in [5.41, 5.74) is 12.1. The molecule has 0 amide bonds. The van der Waals surface area contributed by atoms with Gasteiger partial charge < -0.3 is 4.74 Å². The van der Waals surface area contributed by atoms with Crippen LogP contribution >= 0.6 is 0 Å². The Morgan fingerprint density at radius 2 is 1.04 bits per heavy atom. The van der Waals surface area contributed by atoms with Gasteiger partial charge in [-0.2, -0.15) is 0 Å². The van der Waals surface area contributed by atoms with Crippen LogP contribution in [0.4, 0.5) is 0 Å². The Morgan fingerprint density at radius 1 is 0.391 bits per heavy atom. The molecule has 8 aromatic rings. The predicted molar refractivity (Wildman–Crippen MR) is 190 cm³/mol. The van der Waals surface area contributed by atoms with Gasteiger partial charge in [-0.1, -0.05) is 152 Å². The molecule has 0 N–H and O–H groups in total. The smallest absolute Gasteiger partial charge is 0.135 e. The molecule has 1 heterocycles. The zero-order valence-electron chi connectivity index (χ0n) is 25.1. The lowest BCUT2D eigenvalue weighted by molar-refractivity contribution is 0.487. The zero-order valence-corrected chi connectivity index (χ0v) is 25.1. The lowest BCUT2D eigenvalue weighted by Gasteiger charge is -2.34. The molecule has 0 radical (unpaired) electrons. The van der Waals surface area contributed by atoms with E-state index in [1.807, 2.05) is 0 Å². The van der Waals surface area contributed by atoms with Crippen LogP contribution in [0.2, 0.25) is 0 Å². The topological polar surface area (TPSA) is 9.23 Å². The number of fused-ring (bicyclic) bond motifs is 7. The molecule has 0 spiro atoms. The van der Waals surface area contributed by atoms with Crippen molar-refractivity contribution in [2.45, 2.75) is 5.41 Å². The summed E-state index contributed by atoms with van der Waals surface area (Å²) >= 11 is 0. The zero-order chi connectivity index (χ0) is 30.2. The fourth-order valence-corrected chi connectivity index (χ4v) is 8.26. The molecule has 1 nitrogen and oxygen atoms in total. The molecule has 0 aromatic heterocycles. The number of rotatable bonds is 3. The summed E-state index contributed by atoms with van der Waals surface area (Å²) in [6.07, 6.45) is 0. The SMILES string of the molecule is c1ccc(C2(c3ccccc3)c3cc(-c4ccc5cccc6c5c4-c4ccccc4O6)ccc3-c3c2ccc2ccccc32)cc1. The standard InChI is InChI=1S/C45H28O/c1-3-14-32(15-4-1)45(33-16-5-2-6-17-33)38-27-24-29-12-7-8-18-34(29)43(38)36-26-23-31(28-39(36)45)35-25-22-30-13-11-21-41-42(30)44(35)37-19-9-10-20-40(37)46-41/h1-28H. The number of hydrogen-bond donors (Lipinski definition) is 0. The molecular formula is C45H28O. The van der Waals surface area contributed by atoms with Crippen molar-refractivity contribution in [3.63, 3.8) is 0 Å². The van der Waals surface area contributed by atoms with Crippen LogP contribution in [0.15, 0.2) is 170 Å². The molecule has 0 atom stereocenters. The Kier molecular flexibility index (Phi) is 5.27. The van der Waals surface area contributed by atoms with Crippen LogP contribution in [-0.4, -0.2) is 0 Å². The Hall–Kier alpha value is -5.92. The Morgan fingerprint density at radius 3 is 1.87 bits per heavy atom. The monoisotopic (exact) mass is 584 g/mol. The van der Waals surface area contributed by atoms with Crippen LogP contribution in [0.1, 0.15) is 22.3 Å². The van der Waals surface area contributed by atoms with E-state index in [9.17, 15) is 0 Å². The molecule has 214 valence electrons. The van der Waals surface area contributed by atoms with Gasteiger partial charge in [0, 0.05) is 16.5 Å². The third-order valence-electron chi connectivity index (χ3n) is 10.1. The maximum absolute atomic E-state index is 6.45. The minimum Gasteiger partial charge on any atom is -0.456 e. The predicted octanol–water partition coefficient (Wildman–Crippen LogP) is 11.8. The van der Waals surface area contributed by atoms with E-state index in [1.54, 1.807) is 0 Å². The molecule has 0 unspecified atom stereocenters. The van der Waals surface area contributed by atoms with Gasteiger partial charge in [0.05, 0.1) is 5.41 Å². The van der Waals surface area contributed by atoms with E-state index in [2.05, 4.69) is 170 Å². The first-order valence-corrected chi connectivity index (χ1v) is 15.9. The lowest BCUT2D eigenvalue weighted by atomic mass is 9.67. The van der Waals surface area contributed by atoms with Crippen molar-refractivity contribution >= 4 is 21.5 Å². The van der Waals surface area contributed by atoms with Gasteiger partial charge in [-0.05, 0) is 78.9 Å². The first kappa shape index (κ1) is 25.4. The molecular weight excluding hydrogens is 556 g/mol. The molecule has 0 saturated heterocycles. The van der Waals surface area contributed by atoms with Crippen molar-refractivity contribution in [2.24, 2.45) is 0 Å². The molecule has 10 rings (SSSR count). The van der Waals surface area contributed by atoms with E-state index in [0.717, 1.165) is 17.1 Å². The van der Waals surface area contributed by atoms with Crippen molar-refractivity contribution in [2.75, 3.05) is 0 Å². The fraction of sp³-hybridized carbons (Fsp3) is 0.0222. The van der Waals surface area contributed by atoms with Crippen LogP contribution in [0, 0.1) is 0 Å². The minimum atomic E-state index is -0.479. The maximum atomic E-state index is 6.45. The summed E-state index contributed by atoms with van der Waals surface area (Å²) in [5.74, 6) is 1.81. The molecule has 1 heteroatoms. The second kappa shape index (κ2) is 9.54. The van der Waals surface area contributed by atoms with Gasteiger partial charge in [0.15, 0.2) is 0 Å². The van der Waals surface area contributed by atoms with E-state index >= 15 is 0 Å². The van der Waals surface area contributed by atoms with Crippen molar-refractivity contribution < 1.29 is 4.74 Å². The molecule has 2 aliphatic rings. The second-order valence-electron chi connectivity index (χ2n) is 12.4. The molecule has 0 saturated carbocycles. The summed E-state index contributed by atoms with van der Waals surface area (Å²) in [4.78, 5) is 0. The van der Waals surface area contributed by atoms with Crippen LogP contribution < -0.4 is 4.74 Å². The van der Waals surface area contributed by atoms with Gasteiger partial charge in [0.2, 0.25) is 0 Å². The van der Waals surface area contributed by atoms with Gasteiger partial charge in [0.1, 0.15) is 11.5 Å². The Balaban J connectivity index is 1.34. The van der Waals surface area contributed by atoms with E-state index in [-0.39, 0.29) is 0 Å². The quantitative estimate of drug-likeness (QED) is 0.201. The normalized spacial score (nSPS) is 13.6. The van der Waals surface area contributed by atoms with Crippen molar-refractivity contribution in [3.8, 4) is 44.9 Å². The largest absolute Gasteiger partial charge is 0.456 e. The third-order valence-corrected chi connectivity index (χ3v) is 10.1. The number of para-hydroxylation sites is 1. The molecule has 0 bridgehead atoms. The fourth-order valence-electron chi connectivity index (χ4n) is 8.26. The summed E-state index contributed by atoms with van der Waals surface area (Å²) in [7, 11) is 0. The summed E-state index contributed by atoms with van der Waals surface area (Å²) in [5, 5.41) is 4.91. The summed E-state index contributed by atoms with van der Waals surface area (Å²) < 4.78 is 6.45. The first-order chi connectivity index (χ1) is 22.8. The van der Waals surface area contributed by atoms with Gasteiger partial charge in [-0.25, -0.2) is 0 Å². The van der Waals surface area contributed by atoms with Crippen molar-refractivity contribution in [1.29, 1.82) is 0 Å². The van der Waals surface area contributed by atoms with E-state index in [1.165, 1.54) is 71.6 Å². The van der Waals surface area contributed by atoms with E-state index in [0.29, 0.717) is 0 Å². The number of ether oxygens (including phenoxy) is 1. The lowest BCUT2D eigenvalue weighted by Crippen LogP contribution is -2.28. The molecule has 1 aliphatic carbocycles. The maximum Gasteiger partial charge on any atom is 0.135 e. The van der Waals surface area contributed by atoms with Crippen LogP contribution in [-0.2, 0) is 5.41 Å². The van der Waals surface area contributed by atoms with Crippen LogP contribution in [0.3, 0.4) is 0 Å². The average molecular weight is 585 g/mol. The highest BCUT2D eigenvalue weighted by Crippen LogP contribution is 2.59. The van der Waals surface area contributed by atoms with Gasteiger partial charge in [-0.3, -0.25) is 0 Å². The molecule has 46 heavy (non-hydrogen) atoms. The van der Waals surface area contributed by atoms with Crippen LogP contribution in [0.25, 0.3) is 54.9 Å². The van der Waals surface area contributed by atoms with Gasteiger partial charge >= 0.3 is 0 Å². The molecule has 0 fully saturated rings. The first-order valence-electron chi connectivity index (χ1n) is 15.9. The number of benzene rings is 8. The Bertz CT molecular complexity index is 2450. The second-order valence-corrected chi connectivity index (χ2v) is 12.4. The Labute approximate surface area is 268 Å². The van der Waals surface area contributed by atoms with Gasteiger partial charge in [-0.15, -0.1) is 0 Å². The third kappa shape index (κ3) is 3.35. The van der Waals surface area contributed by atoms with E-state index < -0.39 is 5.41 Å². The van der Waals surface area contributed by atoms with Crippen molar-refractivity contribution in [1.82, 2.24) is 0 Å². The van der Waals surface area contributed by atoms with Crippen molar-refractivity contribution in [3.05, 3.63) is 192 Å². The van der Waals surface area contributed by atoms with E-state index in [4.69, 9.17) is 4.74 Å². The highest BCUT2D eigenvalue weighted by Gasteiger charge is 2.46. The summed E-state index contributed by atoms with van der Waals surface area (Å²) in [6.45, 7) is 0. The molecule has 1 aliphatic heterocycles. The summed E-state index contributed by atoms with van der Waals surface area (Å²) in [6, 6.07) is 62.1. The van der Waals surface area contributed by atoms with Gasteiger partial charge in [0.25, 0.3) is 0 Å². The molecule has 8 aromatic carbocycles. The average Bonchev–Trinajstić information content (AvgIpc) is 3.43. The highest BCUT2D eigenvalue weighted by atomic mass is 16.5. The number of hydrogen-bond acceptors (Lipinski definition) is 1. The highest BCUT2D eigenvalue weighted by molar-refractivity contribution is 6.10.